The van der Waals surface area contributed by atoms with Gasteiger partial charge in [-0.2, -0.15) is 0 Å². The number of nitrogens with zero attached hydrogens (tertiary/aromatic N) is 4. The molecular weight excluding hydrogens is 276 g/mol. The van der Waals surface area contributed by atoms with Gasteiger partial charge in [0, 0.05) is 17.7 Å². The Hall–Kier alpha value is -2.95. The van der Waals surface area contributed by atoms with Crippen LogP contribution in [0, 0.1) is 0 Å². The summed E-state index contributed by atoms with van der Waals surface area (Å²) in [5.41, 5.74) is 3.83. The second-order valence-corrected chi connectivity index (χ2v) is 5.12. The third-order valence-electron chi connectivity index (χ3n) is 3.85. The van der Waals surface area contributed by atoms with Gasteiger partial charge in [-0.25, -0.2) is 4.99 Å². The van der Waals surface area contributed by atoms with E-state index in [1.807, 2.05) is 48.5 Å². The zero-order valence-corrected chi connectivity index (χ0v) is 11.8. The van der Waals surface area contributed by atoms with Crippen molar-refractivity contribution in [2.24, 2.45) is 15.1 Å². The summed E-state index contributed by atoms with van der Waals surface area (Å²) in [4.78, 5) is 11.1. The summed E-state index contributed by atoms with van der Waals surface area (Å²) in [6.07, 6.45) is 0. The number of benzene rings is 2. The van der Waals surface area contributed by atoms with Gasteiger partial charge < -0.3 is 10.1 Å². The van der Waals surface area contributed by atoms with E-state index in [9.17, 15) is 5.21 Å². The second-order valence-electron chi connectivity index (χ2n) is 5.12. The fraction of sp³-hybridized carbons (Fsp3) is 0.118. The van der Waals surface area contributed by atoms with E-state index in [1.54, 1.807) is 0 Å². The van der Waals surface area contributed by atoms with Crippen LogP contribution in [0.5, 0.6) is 0 Å². The van der Waals surface area contributed by atoms with Crippen LogP contribution in [0.2, 0.25) is 0 Å². The Morgan fingerprint density at radius 3 is 2.59 bits per heavy atom. The van der Waals surface area contributed by atoms with Crippen molar-refractivity contribution in [3.63, 3.8) is 0 Å². The quantitative estimate of drug-likeness (QED) is 0.648. The number of fused-ring (bicyclic) bond motifs is 3. The Morgan fingerprint density at radius 2 is 1.77 bits per heavy atom. The van der Waals surface area contributed by atoms with Gasteiger partial charge in [-0.15, -0.1) is 0 Å². The van der Waals surface area contributed by atoms with Gasteiger partial charge in [0.05, 0.1) is 17.9 Å². The molecule has 22 heavy (non-hydrogen) atoms. The Balaban J connectivity index is 2.00. The maximum Gasteiger partial charge on any atom is 0.234 e. The van der Waals surface area contributed by atoms with Crippen molar-refractivity contribution in [1.82, 2.24) is 0 Å². The molecule has 0 unspecified atom stereocenters. The molecule has 0 fully saturated rings. The highest BCUT2D eigenvalue weighted by atomic mass is 16.4. The van der Waals surface area contributed by atoms with Crippen molar-refractivity contribution >= 4 is 23.1 Å². The van der Waals surface area contributed by atoms with Crippen molar-refractivity contribution in [3.05, 3.63) is 65.7 Å². The van der Waals surface area contributed by atoms with Crippen molar-refractivity contribution in [3.8, 4) is 0 Å². The largest absolute Gasteiger partial charge is 0.409 e. The number of hydrogen-bond donors (Lipinski definition) is 1. The zero-order valence-electron chi connectivity index (χ0n) is 11.8. The standard InChI is InChI=1S/C17H14N4O/c22-20-16-17-18-10-11-21(17)14-9-5-4-8-13(14)15(19-16)12-6-2-1-3-7-12/h1-9,22H,10-11H2. The van der Waals surface area contributed by atoms with Crippen LogP contribution in [0.3, 0.4) is 0 Å². The predicted molar refractivity (Wildman–Crippen MR) is 87.4 cm³/mol. The minimum atomic E-state index is 0.257. The summed E-state index contributed by atoms with van der Waals surface area (Å²) in [7, 11) is 0. The number of anilines is 1. The third-order valence-corrected chi connectivity index (χ3v) is 3.85. The smallest absolute Gasteiger partial charge is 0.234 e. The van der Waals surface area contributed by atoms with Crippen LogP contribution in [0.15, 0.2) is 69.7 Å². The minimum Gasteiger partial charge on any atom is -0.409 e. The molecule has 0 bridgehead atoms. The molecule has 2 aliphatic rings. The first kappa shape index (κ1) is 12.8. The fourth-order valence-corrected chi connectivity index (χ4v) is 2.88. The van der Waals surface area contributed by atoms with Gasteiger partial charge in [-0.1, -0.05) is 53.7 Å². The first-order valence-electron chi connectivity index (χ1n) is 7.16. The third kappa shape index (κ3) is 1.90. The molecule has 2 aromatic rings. The molecular formula is C17H14N4O. The summed E-state index contributed by atoms with van der Waals surface area (Å²) >= 11 is 0. The van der Waals surface area contributed by atoms with Gasteiger partial charge in [0.1, 0.15) is 0 Å². The number of hydrogen-bond acceptors (Lipinski definition) is 4. The van der Waals surface area contributed by atoms with E-state index in [1.165, 1.54) is 0 Å². The van der Waals surface area contributed by atoms with E-state index in [2.05, 4.69) is 26.1 Å². The van der Waals surface area contributed by atoms with E-state index in [0.29, 0.717) is 12.4 Å². The maximum absolute atomic E-state index is 9.38. The summed E-state index contributed by atoms with van der Waals surface area (Å²) < 4.78 is 0. The maximum atomic E-state index is 9.38. The lowest BCUT2D eigenvalue weighted by atomic mass is 10.0. The van der Waals surface area contributed by atoms with Crippen LogP contribution in [0.25, 0.3) is 0 Å². The predicted octanol–water partition coefficient (Wildman–Crippen LogP) is 2.54. The molecule has 0 atom stereocenters. The molecule has 0 amide bonds. The van der Waals surface area contributed by atoms with Crippen LogP contribution in [0.4, 0.5) is 5.69 Å². The molecule has 0 aromatic heterocycles. The number of amidine groups is 2. The lowest BCUT2D eigenvalue weighted by molar-refractivity contribution is 0.319. The Kier molecular flexibility index (Phi) is 2.96. The van der Waals surface area contributed by atoms with E-state index in [0.717, 1.165) is 29.1 Å². The highest BCUT2D eigenvalue weighted by Crippen LogP contribution is 2.29. The molecule has 0 radical (unpaired) electrons. The highest BCUT2D eigenvalue weighted by molar-refractivity contribution is 6.49. The average molecular weight is 290 g/mol. The summed E-state index contributed by atoms with van der Waals surface area (Å²) in [6, 6.07) is 18.0. The molecule has 108 valence electrons. The Labute approximate surface area is 127 Å². The summed E-state index contributed by atoms with van der Waals surface area (Å²) in [5, 5.41) is 12.7. The highest BCUT2D eigenvalue weighted by Gasteiger charge is 2.30. The summed E-state index contributed by atoms with van der Waals surface area (Å²) in [6.45, 7) is 1.45. The van der Waals surface area contributed by atoms with Crippen LogP contribution in [-0.2, 0) is 0 Å². The first-order chi connectivity index (χ1) is 10.9. The van der Waals surface area contributed by atoms with Gasteiger partial charge in [-0.3, -0.25) is 4.99 Å². The molecule has 5 nitrogen and oxygen atoms in total. The van der Waals surface area contributed by atoms with E-state index in [4.69, 9.17) is 0 Å². The average Bonchev–Trinajstić information content (AvgIpc) is 3.02. The van der Waals surface area contributed by atoms with E-state index < -0.39 is 0 Å². The molecule has 0 aliphatic carbocycles. The lowest BCUT2D eigenvalue weighted by Crippen LogP contribution is -2.32. The normalized spacial score (nSPS) is 18.4. The molecule has 2 aromatic carbocycles. The lowest BCUT2D eigenvalue weighted by Gasteiger charge is -2.20. The zero-order chi connectivity index (χ0) is 14.9. The van der Waals surface area contributed by atoms with Crippen molar-refractivity contribution in [1.29, 1.82) is 0 Å². The molecule has 0 saturated heterocycles. The van der Waals surface area contributed by atoms with Crippen molar-refractivity contribution in [2.75, 3.05) is 18.0 Å². The van der Waals surface area contributed by atoms with Crippen molar-refractivity contribution < 1.29 is 5.21 Å². The molecule has 1 N–H and O–H groups in total. The first-order valence-corrected chi connectivity index (χ1v) is 7.16. The van der Waals surface area contributed by atoms with Crippen LogP contribution < -0.4 is 4.90 Å². The van der Waals surface area contributed by atoms with Crippen molar-refractivity contribution in [2.45, 2.75) is 0 Å². The molecule has 0 spiro atoms. The summed E-state index contributed by atoms with van der Waals surface area (Å²) in [5.74, 6) is 0.883. The second kappa shape index (κ2) is 5.11. The van der Waals surface area contributed by atoms with Crippen LogP contribution in [-0.4, -0.2) is 35.7 Å². The number of para-hydroxylation sites is 1. The SMILES string of the molecule is ON=C1N=C(c2ccccc2)c2ccccc2N2CCN=C12. The Morgan fingerprint density at radius 1 is 1.00 bits per heavy atom. The van der Waals surface area contributed by atoms with Gasteiger partial charge in [0.25, 0.3) is 0 Å². The molecule has 4 rings (SSSR count). The number of rotatable bonds is 1. The van der Waals surface area contributed by atoms with Gasteiger partial charge >= 0.3 is 0 Å². The van der Waals surface area contributed by atoms with E-state index >= 15 is 0 Å². The van der Waals surface area contributed by atoms with Crippen LogP contribution >= 0.6 is 0 Å². The molecule has 2 heterocycles. The molecule has 0 saturated carbocycles. The molecule has 2 aliphatic heterocycles. The number of oxime groups is 1. The van der Waals surface area contributed by atoms with Gasteiger partial charge in [0.2, 0.25) is 5.84 Å². The Bertz CT molecular complexity index is 808. The van der Waals surface area contributed by atoms with Gasteiger partial charge in [0.15, 0.2) is 5.84 Å². The molecule has 5 heteroatoms. The van der Waals surface area contributed by atoms with Gasteiger partial charge in [-0.05, 0) is 6.07 Å². The number of aliphatic imine (C=N–C) groups is 2. The van der Waals surface area contributed by atoms with Crippen LogP contribution in [0.1, 0.15) is 11.1 Å². The minimum absolute atomic E-state index is 0.257. The monoisotopic (exact) mass is 290 g/mol. The fourth-order valence-electron chi connectivity index (χ4n) is 2.88. The topological polar surface area (TPSA) is 60.6 Å². The van der Waals surface area contributed by atoms with E-state index in [-0.39, 0.29) is 5.84 Å².